The second-order valence-electron chi connectivity index (χ2n) is 4.49. The van der Waals surface area contributed by atoms with Crippen LogP contribution in [0.25, 0.3) is 0 Å². The van der Waals surface area contributed by atoms with Crippen molar-refractivity contribution in [3.63, 3.8) is 0 Å². The van der Waals surface area contributed by atoms with Crippen LogP contribution in [-0.4, -0.2) is 17.1 Å². The van der Waals surface area contributed by atoms with E-state index < -0.39 is 0 Å². The zero-order valence-corrected chi connectivity index (χ0v) is 11.9. The predicted octanol–water partition coefficient (Wildman–Crippen LogP) is 2.87. The Morgan fingerprint density at radius 1 is 1.35 bits per heavy atom. The molecule has 0 aliphatic rings. The van der Waals surface area contributed by atoms with Crippen LogP contribution in [0.4, 0.5) is 0 Å². The largest absolute Gasteiger partial charge is 0.349 e. The second-order valence-corrected chi connectivity index (χ2v) is 4.99. The molecule has 17 heavy (non-hydrogen) atoms. The maximum Gasteiger partial charge on any atom is 0.0961 e. The van der Waals surface area contributed by atoms with E-state index in [1.807, 2.05) is 52.0 Å². The van der Waals surface area contributed by atoms with E-state index in [9.17, 15) is 0 Å². The Morgan fingerprint density at radius 3 is 2.53 bits per heavy atom. The summed E-state index contributed by atoms with van der Waals surface area (Å²) in [5.41, 5.74) is 3.35. The van der Waals surface area contributed by atoms with Crippen LogP contribution in [0.5, 0.6) is 0 Å². The smallest absolute Gasteiger partial charge is 0.0961 e. The van der Waals surface area contributed by atoms with Crippen LogP contribution in [0.15, 0.2) is 36.6 Å². The van der Waals surface area contributed by atoms with Gasteiger partial charge in [0, 0.05) is 5.70 Å². The highest BCUT2D eigenvalue weighted by molar-refractivity contribution is 7.80. The van der Waals surface area contributed by atoms with E-state index in [1.54, 1.807) is 0 Å². The standard InChI is InChI=1S/C13H22N2OS/c1-6-7-8-9-11(2)15-12(17)10-14-16-13(3,4)5/h6-9,14H,2,10H2,1,3-5H3,(H,15,17)/b7-6-,9-8-. The highest BCUT2D eigenvalue weighted by Gasteiger charge is 2.10. The van der Waals surface area contributed by atoms with Gasteiger partial charge in [-0.25, -0.2) is 0 Å². The second kappa shape index (κ2) is 8.17. The lowest BCUT2D eigenvalue weighted by atomic mass is 10.2. The summed E-state index contributed by atoms with van der Waals surface area (Å²) >= 11 is 5.13. The van der Waals surface area contributed by atoms with E-state index in [1.165, 1.54) is 0 Å². The van der Waals surface area contributed by atoms with Crippen LogP contribution in [0.2, 0.25) is 0 Å². The van der Waals surface area contributed by atoms with Gasteiger partial charge in [0.2, 0.25) is 0 Å². The van der Waals surface area contributed by atoms with Gasteiger partial charge in [-0.3, -0.25) is 4.84 Å². The minimum atomic E-state index is -0.224. The van der Waals surface area contributed by atoms with Crippen molar-refractivity contribution < 1.29 is 4.84 Å². The molecule has 3 nitrogen and oxygen atoms in total. The molecule has 0 aromatic carbocycles. The molecule has 0 aromatic rings. The molecule has 0 atom stereocenters. The fourth-order valence-corrected chi connectivity index (χ4v) is 1.06. The molecule has 0 saturated heterocycles. The monoisotopic (exact) mass is 254 g/mol. The SMILES string of the molecule is C=C(/C=C\C=C/C)NC(=S)CNOC(C)(C)C. The minimum Gasteiger partial charge on any atom is -0.349 e. The lowest BCUT2D eigenvalue weighted by Crippen LogP contribution is -2.36. The van der Waals surface area contributed by atoms with Gasteiger partial charge in [0.1, 0.15) is 0 Å². The topological polar surface area (TPSA) is 33.3 Å². The number of hydrogen-bond acceptors (Lipinski definition) is 3. The molecule has 96 valence electrons. The molecule has 0 amide bonds. The van der Waals surface area contributed by atoms with Crippen LogP contribution in [0, 0.1) is 0 Å². The zero-order chi connectivity index (χ0) is 13.3. The van der Waals surface area contributed by atoms with Crippen LogP contribution >= 0.6 is 12.2 Å². The molecule has 0 aromatic heterocycles. The van der Waals surface area contributed by atoms with Crippen LogP contribution in [0.3, 0.4) is 0 Å². The molecule has 0 bridgehead atoms. The number of thiocarbonyl (C=S) groups is 1. The fourth-order valence-electron chi connectivity index (χ4n) is 0.866. The zero-order valence-electron chi connectivity index (χ0n) is 11.0. The van der Waals surface area contributed by atoms with Crippen molar-refractivity contribution >= 4 is 17.2 Å². The highest BCUT2D eigenvalue weighted by Crippen LogP contribution is 2.02. The van der Waals surface area contributed by atoms with Gasteiger partial charge in [0.05, 0.1) is 17.1 Å². The maximum atomic E-state index is 5.34. The summed E-state index contributed by atoms with van der Waals surface area (Å²) in [5.74, 6) is 0. The Balaban J connectivity index is 3.83. The number of hydrogen-bond donors (Lipinski definition) is 2. The summed E-state index contributed by atoms with van der Waals surface area (Å²) in [5, 5.41) is 3.00. The molecule has 0 aliphatic carbocycles. The first-order valence-electron chi connectivity index (χ1n) is 5.54. The Morgan fingerprint density at radius 2 is 2.00 bits per heavy atom. The van der Waals surface area contributed by atoms with Gasteiger partial charge >= 0.3 is 0 Å². The third kappa shape index (κ3) is 11.3. The first-order valence-corrected chi connectivity index (χ1v) is 5.95. The molecule has 0 heterocycles. The fraction of sp³-hybridized carbons (Fsp3) is 0.462. The van der Waals surface area contributed by atoms with Crippen molar-refractivity contribution in [3.8, 4) is 0 Å². The molecular weight excluding hydrogens is 232 g/mol. The third-order valence-electron chi connectivity index (χ3n) is 1.51. The van der Waals surface area contributed by atoms with E-state index >= 15 is 0 Å². The number of hydroxylamine groups is 1. The van der Waals surface area contributed by atoms with Gasteiger partial charge in [-0.1, -0.05) is 37.0 Å². The van der Waals surface area contributed by atoms with E-state index in [0.717, 1.165) is 5.70 Å². The molecule has 0 saturated carbocycles. The summed E-state index contributed by atoms with van der Waals surface area (Å²) in [7, 11) is 0. The van der Waals surface area contributed by atoms with E-state index in [-0.39, 0.29) is 5.60 Å². The van der Waals surface area contributed by atoms with E-state index in [2.05, 4.69) is 17.4 Å². The maximum absolute atomic E-state index is 5.34. The lowest BCUT2D eigenvalue weighted by molar-refractivity contribution is -0.0661. The van der Waals surface area contributed by atoms with Crippen molar-refractivity contribution in [2.45, 2.75) is 33.3 Å². The van der Waals surface area contributed by atoms with Gasteiger partial charge < -0.3 is 5.32 Å². The van der Waals surface area contributed by atoms with Gasteiger partial charge in [-0.05, 0) is 33.8 Å². The predicted molar refractivity (Wildman–Crippen MR) is 77.7 cm³/mol. The van der Waals surface area contributed by atoms with Crippen LogP contribution in [0.1, 0.15) is 27.7 Å². The molecule has 0 aliphatic heterocycles. The van der Waals surface area contributed by atoms with Crippen molar-refractivity contribution in [1.82, 2.24) is 10.8 Å². The Labute approximate surface area is 110 Å². The van der Waals surface area contributed by atoms with Crippen molar-refractivity contribution in [2.75, 3.05) is 6.54 Å². The molecule has 2 N–H and O–H groups in total. The van der Waals surface area contributed by atoms with Gasteiger partial charge in [0.25, 0.3) is 0 Å². The summed E-state index contributed by atoms with van der Waals surface area (Å²) in [4.78, 5) is 5.99. The molecule has 4 heteroatoms. The summed E-state index contributed by atoms with van der Waals surface area (Å²) in [6.07, 6.45) is 7.63. The van der Waals surface area contributed by atoms with Crippen molar-refractivity contribution in [2.24, 2.45) is 0 Å². The average molecular weight is 254 g/mol. The number of nitrogens with one attached hydrogen (secondary N) is 2. The van der Waals surface area contributed by atoms with Crippen LogP contribution < -0.4 is 10.8 Å². The van der Waals surface area contributed by atoms with Gasteiger partial charge in [-0.2, -0.15) is 5.48 Å². The van der Waals surface area contributed by atoms with Crippen LogP contribution in [-0.2, 0) is 4.84 Å². The van der Waals surface area contributed by atoms with Crippen molar-refractivity contribution in [3.05, 3.63) is 36.6 Å². The third-order valence-corrected chi connectivity index (χ3v) is 1.76. The molecule has 0 spiro atoms. The molecule has 0 fully saturated rings. The van der Waals surface area contributed by atoms with Crippen molar-refractivity contribution in [1.29, 1.82) is 0 Å². The highest BCUT2D eigenvalue weighted by atomic mass is 32.1. The Kier molecular flexibility index (Phi) is 7.70. The summed E-state index contributed by atoms with van der Waals surface area (Å²) in [6.45, 7) is 12.2. The molecular formula is C13H22N2OS. The quantitative estimate of drug-likeness (QED) is 0.434. The number of allylic oxidation sites excluding steroid dienone is 4. The first-order chi connectivity index (χ1) is 7.85. The molecule has 0 rings (SSSR count). The molecule has 0 radical (unpaired) electrons. The first kappa shape index (κ1) is 16.0. The Hall–Kier alpha value is -0.970. The van der Waals surface area contributed by atoms with E-state index in [0.29, 0.717) is 11.5 Å². The number of rotatable bonds is 6. The summed E-state index contributed by atoms with van der Waals surface area (Å²) < 4.78 is 0. The van der Waals surface area contributed by atoms with E-state index in [4.69, 9.17) is 17.1 Å². The minimum absolute atomic E-state index is 0.224. The average Bonchev–Trinajstić information content (AvgIpc) is 2.15. The van der Waals surface area contributed by atoms with Gasteiger partial charge in [0.15, 0.2) is 0 Å². The molecule has 0 unspecified atom stereocenters. The summed E-state index contributed by atoms with van der Waals surface area (Å²) in [6, 6.07) is 0. The lowest BCUT2D eigenvalue weighted by Gasteiger charge is -2.19. The van der Waals surface area contributed by atoms with Gasteiger partial charge in [-0.15, -0.1) is 0 Å². The normalized spacial score (nSPS) is 12.2. The Bertz CT molecular complexity index is 314.